The molecule has 0 aromatic heterocycles. The zero-order valence-corrected chi connectivity index (χ0v) is 13.2. The highest BCUT2D eigenvalue weighted by molar-refractivity contribution is 6.00. The van der Waals surface area contributed by atoms with Crippen LogP contribution in [-0.4, -0.2) is 29.9 Å². The molecule has 0 radical (unpaired) electrons. The van der Waals surface area contributed by atoms with Gasteiger partial charge in [-0.2, -0.15) is 0 Å². The molecule has 0 atom stereocenters. The minimum atomic E-state index is 0.225. The van der Waals surface area contributed by atoms with E-state index in [9.17, 15) is 4.79 Å². The quantitative estimate of drug-likeness (QED) is 0.826. The fraction of sp³-hybridized carbons (Fsp3) is 0.611. The van der Waals surface area contributed by atoms with E-state index >= 15 is 0 Å². The Labute approximate surface area is 127 Å². The third kappa shape index (κ3) is 3.58. The lowest BCUT2D eigenvalue weighted by atomic mass is 10.1. The van der Waals surface area contributed by atoms with E-state index in [1.165, 1.54) is 31.2 Å². The summed E-state index contributed by atoms with van der Waals surface area (Å²) < 4.78 is 0. The van der Waals surface area contributed by atoms with E-state index in [-0.39, 0.29) is 5.91 Å². The normalized spacial score (nSPS) is 17.6. The van der Waals surface area contributed by atoms with Crippen molar-refractivity contribution in [3.05, 3.63) is 29.3 Å². The molecule has 21 heavy (non-hydrogen) atoms. The molecular weight excluding hydrogens is 260 g/mol. The topological polar surface area (TPSA) is 32.3 Å². The lowest BCUT2D eigenvalue weighted by Gasteiger charge is -2.24. The number of carbonyl (C=O) groups is 1. The van der Waals surface area contributed by atoms with Crippen LogP contribution in [0.4, 0.5) is 5.69 Å². The summed E-state index contributed by atoms with van der Waals surface area (Å²) in [6, 6.07) is 6.65. The zero-order valence-electron chi connectivity index (χ0n) is 13.2. The maximum atomic E-state index is 13.0. The number of anilines is 1. The summed E-state index contributed by atoms with van der Waals surface area (Å²) >= 11 is 0. The van der Waals surface area contributed by atoms with Gasteiger partial charge in [-0.05, 0) is 62.6 Å². The van der Waals surface area contributed by atoms with Gasteiger partial charge in [0.05, 0.1) is 5.56 Å². The Morgan fingerprint density at radius 2 is 2.05 bits per heavy atom. The van der Waals surface area contributed by atoms with Crippen LogP contribution in [0.2, 0.25) is 0 Å². The number of nitrogens with one attached hydrogen (secondary N) is 1. The SMILES string of the molecule is CCCNc1cc(C)ccc1C(=O)N(CC1CC1)C1CC1. The van der Waals surface area contributed by atoms with Gasteiger partial charge in [-0.25, -0.2) is 0 Å². The maximum absolute atomic E-state index is 13.0. The van der Waals surface area contributed by atoms with E-state index in [0.717, 1.165) is 36.7 Å². The van der Waals surface area contributed by atoms with E-state index in [2.05, 4.69) is 30.1 Å². The van der Waals surface area contributed by atoms with E-state index in [0.29, 0.717) is 6.04 Å². The molecule has 0 spiro atoms. The summed E-state index contributed by atoms with van der Waals surface area (Å²) in [5, 5.41) is 3.42. The van der Waals surface area contributed by atoms with E-state index in [1.54, 1.807) is 0 Å². The van der Waals surface area contributed by atoms with Gasteiger partial charge in [0, 0.05) is 24.8 Å². The molecule has 1 aromatic carbocycles. The van der Waals surface area contributed by atoms with Crippen molar-refractivity contribution >= 4 is 11.6 Å². The Morgan fingerprint density at radius 1 is 1.29 bits per heavy atom. The lowest BCUT2D eigenvalue weighted by molar-refractivity contribution is 0.0736. The van der Waals surface area contributed by atoms with Gasteiger partial charge >= 0.3 is 0 Å². The van der Waals surface area contributed by atoms with Crippen LogP contribution < -0.4 is 5.32 Å². The summed E-state index contributed by atoms with van der Waals surface area (Å²) in [5.41, 5.74) is 3.05. The van der Waals surface area contributed by atoms with Crippen LogP contribution in [0.1, 0.15) is 54.9 Å². The second-order valence-corrected chi connectivity index (χ2v) is 6.61. The fourth-order valence-corrected chi connectivity index (χ4v) is 2.77. The molecule has 1 N–H and O–H groups in total. The van der Waals surface area contributed by atoms with Crippen molar-refractivity contribution in [3.63, 3.8) is 0 Å². The predicted octanol–water partition coefficient (Wildman–Crippen LogP) is 3.83. The summed E-state index contributed by atoms with van der Waals surface area (Å²) in [4.78, 5) is 15.1. The van der Waals surface area contributed by atoms with Gasteiger partial charge in [0.1, 0.15) is 0 Å². The molecule has 3 rings (SSSR count). The first kappa shape index (κ1) is 14.4. The van der Waals surface area contributed by atoms with Gasteiger partial charge in [0.2, 0.25) is 0 Å². The van der Waals surface area contributed by atoms with Crippen molar-refractivity contribution in [2.75, 3.05) is 18.4 Å². The van der Waals surface area contributed by atoms with Crippen molar-refractivity contribution in [1.82, 2.24) is 4.90 Å². The first-order chi connectivity index (χ1) is 10.2. The summed E-state index contributed by atoms with van der Waals surface area (Å²) in [7, 11) is 0. The molecule has 0 heterocycles. The fourth-order valence-electron chi connectivity index (χ4n) is 2.77. The van der Waals surface area contributed by atoms with E-state index in [4.69, 9.17) is 0 Å². The molecule has 114 valence electrons. The van der Waals surface area contributed by atoms with Gasteiger partial charge < -0.3 is 10.2 Å². The van der Waals surface area contributed by atoms with Gasteiger partial charge in [0.25, 0.3) is 5.91 Å². The van der Waals surface area contributed by atoms with Crippen LogP contribution >= 0.6 is 0 Å². The first-order valence-electron chi connectivity index (χ1n) is 8.34. The summed E-state index contributed by atoms with van der Waals surface area (Å²) in [6.07, 6.45) is 6.02. The average Bonchev–Trinajstić information content (AvgIpc) is 3.35. The van der Waals surface area contributed by atoms with Crippen molar-refractivity contribution in [1.29, 1.82) is 0 Å². The third-order valence-electron chi connectivity index (χ3n) is 4.37. The lowest BCUT2D eigenvalue weighted by Crippen LogP contribution is -2.35. The van der Waals surface area contributed by atoms with Crippen LogP contribution in [0.5, 0.6) is 0 Å². The number of benzene rings is 1. The van der Waals surface area contributed by atoms with Crippen molar-refractivity contribution in [3.8, 4) is 0 Å². The standard InChI is InChI=1S/C18H26N2O/c1-3-10-19-17-11-13(2)4-9-16(17)18(21)20(15-7-8-15)12-14-5-6-14/h4,9,11,14-15,19H,3,5-8,10,12H2,1-2H3. The molecular formula is C18H26N2O. The molecule has 3 heteroatoms. The molecule has 2 saturated carbocycles. The van der Waals surface area contributed by atoms with Gasteiger partial charge in [0.15, 0.2) is 0 Å². The Balaban J connectivity index is 1.80. The van der Waals surface area contributed by atoms with Crippen LogP contribution in [0.15, 0.2) is 18.2 Å². The van der Waals surface area contributed by atoms with Gasteiger partial charge in [-0.1, -0.05) is 13.0 Å². The molecule has 2 aliphatic carbocycles. The van der Waals surface area contributed by atoms with Crippen LogP contribution in [-0.2, 0) is 0 Å². The Kier molecular flexibility index (Phi) is 4.18. The monoisotopic (exact) mass is 286 g/mol. The molecule has 0 saturated heterocycles. The molecule has 0 unspecified atom stereocenters. The Hall–Kier alpha value is -1.51. The number of amides is 1. The van der Waals surface area contributed by atoms with Crippen LogP contribution in [0.25, 0.3) is 0 Å². The molecule has 0 aliphatic heterocycles. The molecule has 2 fully saturated rings. The van der Waals surface area contributed by atoms with E-state index < -0.39 is 0 Å². The molecule has 1 aromatic rings. The first-order valence-corrected chi connectivity index (χ1v) is 8.34. The molecule has 1 amide bonds. The van der Waals surface area contributed by atoms with Gasteiger partial charge in [-0.15, -0.1) is 0 Å². The second kappa shape index (κ2) is 6.08. The molecule has 2 aliphatic rings. The predicted molar refractivity (Wildman–Crippen MR) is 86.7 cm³/mol. The minimum Gasteiger partial charge on any atom is -0.384 e. The summed E-state index contributed by atoms with van der Waals surface area (Å²) in [5.74, 6) is 0.982. The van der Waals surface area contributed by atoms with E-state index in [1.807, 2.05) is 12.1 Å². The number of nitrogens with zero attached hydrogens (tertiary/aromatic N) is 1. The molecule has 0 bridgehead atoms. The van der Waals surface area contributed by atoms with Crippen molar-refractivity contribution < 1.29 is 4.79 Å². The highest BCUT2D eigenvalue weighted by Crippen LogP contribution is 2.36. The smallest absolute Gasteiger partial charge is 0.256 e. The average molecular weight is 286 g/mol. The van der Waals surface area contributed by atoms with Crippen LogP contribution in [0.3, 0.4) is 0 Å². The van der Waals surface area contributed by atoms with Crippen molar-refractivity contribution in [2.24, 2.45) is 5.92 Å². The highest BCUT2D eigenvalue weighted by atomic mass is 16.2. The number of hydrogen-bond acceptors (Lipinski definition) is 2. The van der Waals surface area contributed by atoms with Crippen LogP contribution in [0, 0.1) is 12.8 Å². The largest absolute Gasteiger partial charge is 0.384 e. The second-order valence-electron chi connectivity index (χ2n) is 6.61. The summed E-state index contributed by atoms with van der Waals surface area (Å²) in [6.45, 7) is 6.10. The number of aryl methyl sites for hydroxylation is 1. The minimum absolute atomic E-state index is 0.225. The number of rotatable bonds is 7. The highest BCUT2D eigenvalue weighted by Gasteiger charge is 2.37. The Bertz CT molecular complexity index is 518. The molecule has 3 nitrogen and oxygen atoms in total. The number of hydrogen-bond donors (Lipinski definition) is 1. The Morgan fingerprint density at radius 3 is 2.67 bits per heavy atom. The van der Waals surface area contributed by atoms with Gasteiger partial charge in [-0.3, -0.25) is 4.79 Å². The number of carbonyl (C=O) groups excluding carboxylic acids is 1. The maximum Gasteiger partial charge on any atom is 0.256 e. The third-order valence-corrected chi connectivity index (χ3v) is 4.37. The zero-order chi connectivity index (χ0) is 14.8. The van der Waals surface area contributed by atoms with Crippen molar-refractivity contribution in [2.45, 2.75) is 52.0 Å².